The molecule has 0 saturated carbocycles. The number of likely N-dealkylation sites (tertiary alicyclic amines) is 1. The van der Waals surface area contributed by atoms with E-state index >= 15 is 0 Å². The van der Waals surface area contributed by atoms with Crippen LogP contribution in [0.15, 0.2) is 24.5 Å². The summed E-state index contributed by atoms with van der Waals surface area (Å²) in [6.07, 6.45) is 5.73. The Bertz CT molecular complexity index is 624. The zero-order chi connectivity index (χ0) is 15.0. The minimum Gasteiger partial charge on any atom is -0.363 e. The fourth-order valence-corrected chi connectivity index (χ4v) is 3.68. The summed E-state index contributed by atoms with van der Waals surface area (Å²) in [6, 6.07) is 4.22. The Morgan fingerprint density at radius 3 is 2.90 bits per heavy atom. The van der Waals surface area contributed by atoms with Crippen LogP contribution in [0.5, 0.6) is 0 Å². The molecule has 1 fully saturated rings. The number of amides is 1. The Balaban J connectivity index is 1.83. The van der Waals surface area contributed by atoms with Crippen molar-refractivity contribution in [3.63, 3.8) is 0 Å². The Kier molecular flexibility index (Phi) is 3.61. The number of hydrogen-bond acceptors (Lipinski definition) is 3. The van der Waals surface area contributed by atoms with Crippen LogP contribution in [0.4, 0.5) is 0 Å². The van der Waals surface area contributed by atoms with Crippen molar-refractivity contribution < 1.29 is 4.79 Å². The predicted molar refractivity (Wildman–Crippen MR) is 84.6 cm³/mol. The van der Waals surface area contributed by atoms with Crippen LogP contribution < -0.4 is 0 Å². The smallest absolute Gasteiger partial charge is 0.266 e. The Morgan fingerprint density at radius 2 is 2.29 bits per heavy atom. The molecule has 3 rings (SSSR count). The molecule has 21 heavy (non-hydrogen) atoms. The third kappa shape index (κ3) is 2.75. The van der Waals surface area contributed by atoms with Crippen molar-refractivity contribution in [1.82, 2.24) is 14.9 Å². The van der Waals surface area contributed by atoms with Crippen LogP contribution in [0.3, 0.4) is 0 Å². The van der Waals surface area contributed by atoms with Gasteiger partial charge in [0.15, 0.2) is 0 Å². The normalized spacial score (nSPS) is 19.2. The summed E-state index contributed by atoms with van der Waals surface area (Å²) in [5.41, 5.74) is 1.12. The van der Waals surface area contributed by atoms with E-state index in [1.165, 1.54) is 11.3 Å². The highest BCUT2D eigenvalue weighted by Crippen LogP contribution is 2.34. The van der Waals surface area contributed by atoms with E-state index in [0.717, 1.165) is 35.0 Å². The topological polar surface area (TPSA) is 49.0 Å². The molecule has 1 aliphatic rings. The molecule has 2 aromatic heterocycles. The van der Waals surface area contributed by atoms with Gasteiger partial charge in [-0.3, -0.25) is 4.79 Å². The zero-order valence-electron chi connectivity index (χ0n) is 12.7. The molecule has 0 spiro atoms. The van der Waals surface area contributed by atoms with E-state index in [2.05, 4.69) is 36.8 Å². The van der Waals surface area contributed by atoms with Gasteiger partial charge in [-0.05, 0) is 25.0 Å². The maximum Gasteiger partial charge on any atom is 0.266 e. The minimum absolute atomic E-state index is 0.00688. The molecular formula is C16H21N3OS. The number of nitrogens with one attached hydrogen (secondary N) is 1. The van der Waals surface area contributed by atoms with E-state index < -0.39 is 0 Å². The third-order valence-electron chi connectivity index (χ3n) is 3.85. The molecule has 112 valence electrons. The highest BCUT2D eigenvalue weighted by molar-refractivity contribution is 7.13. The number of H-pyrrole nitrogens is 1. The number of rotatable bonds is 2. The molecule has 0 bridgehead atoms. The van der Waals surface area contributed by atoms with Gasteiger partial charge in [0.05, 0.1) is 17.2 Å². The first kappa shape index (κ1) is 14.3. The monoisotopic (exact) mass is 303 g/mol. The lowest BCUT2D eigenvalue weighted by Gasteiger charge is -2.23. The van der Waals surface area contributed by atoms with Crippen molar-refractivity contribution in [3.05, 3.63) is 40.1 Å². The quantitative estimate of drug-likeness (QED) is 0.918. The average molecular weight is 303 g/mol. The number of aromatic amines is 1. The molecule has 2 aromatic rings. The van der Waals surface area contributed by atoms with Gasteiger partial charge in [-0.1, -0.05) is 20.8 Å². The average Bonchev–Trinajstić information content (AvgIpc) is 3.16. The van der Waals surface area contributed by atoms with Crippen LogP contribution in [0.25, 0.3) is 0 Å². The van der Waals surface area contributed by atoms with Gasteiger partial charge in [-0.2, -0.15) is 0 Å². The van der Waals surface area contributed by atoms with E-state index in [1.807, 2.05) is 17.2 Å². The summed E-state index contributed by atoms with van der Waals surface area (Å²) >= 11 is 1.52. The summed E-state index contributed by atoms with van der Waals surface area (Å²) in [5, 5.41) is 1.02. The molecule has 3 heterocycles. The fraction of sp³-hybridized carbons (Fsp3) is 0.500. The van der Waals surface area contributed by atoms with E-state index in [1.54, 1.807) is 6.20 Å². The van der Waals surface area contributed by atoms with Crippen molar-refractivity contribution in [3.8, 4) is 0 Å². The Morgan fingerprint density at radius 1 is 1.48 bits per heavy atom. The van der Waals surface area contributed by atoms with Crippen molar-refractivity contribution >= 4 is 17.2 Å². The molecule has 5 heteroatoms. The maximum absolute atomic E-state index is 12.8. The molecule has 0 radical (unpaired) electrons. The number of nitrogens with zero attached hydrogens (tertiary/aromatic N) is 2. The molecule has 1 atom stereocenters. The second-order valence-electron chi connectivity index (χ2n) is 6.56. The van der Waals surface area contributed by atoms with Gasteiger partial charge in [0.2, 0.25) is 0 Å². The minimum atomic E-state index is -0.00688. The second-order valence-corrected chi connectivity index (χ2v) is 7.59. The molecule has 1 aliphatic heterocycles. The summed E-state index contributed by atoms with van der Waals surface area (Å²) < 4.78 is 0. The third-order valence-corrected chi connectivity index (χ3v) is 5.26. The SMILES string of the molecule is CC(C)(C)c1ncc(C(=O)N2CCCC2c2ccc[nH]2)s1. The maximum atomic E-state index is 12.8. The number of carbonyl (C=O) groups is 1. The summed E-state index contributed by atoms with van der Waals surface area (Å²) in [7, 11) is 0. The van der Waals surface area contributed by atoms with Crippen LogP contribution in [0, 0.1) is 0 Å². The lowest BCUT2D eigenvalue weighted by Crippen LogP contribution is -2.30. The number of thiazole rings is 1. The van der Waals surface area contributed by atoms with Gasteiger partial charge in [0.1, 0.15) is 4.88 Å². The molecule has 1 N–H and O–H groups in total. The van der Waals surface area contributed by atoms with Crippen LogP contribution in [-0.4, -0.2) is 27.3 Å². The molecule has 4 nitrogen and oxygen atoms in total. The fourth-order valence-electron chi connectivity index (χ4n) is 2.75. The van der Waals surface area contributed by atoms with Gasteiger partial charge in [0, 0.05) is 23.9 Å². The molecule has 1 amide bonds. The van der Waals surface area contributed by atoms with Crippen LogP contribution >= 0.6 is 11.3 Å². The Labute approximate surface area is 129 Å². The first-order valence-corrected chi connectivity index (χ1v) is 8.19. The van der Waals surface area contributed by atoms with Gasteiger partial charge < -0.3 is 9.88 Å². The van der Waals surface area contributed by atoms with Crippen molar-refractivity contribution in [2.75, 3.05) is 6.54 Å². The van der Waals surface area contributed by atoms with E-state index in [-0.39, 0.29) is 17.4 Å². The van der Waals surface area contributed by atoms with Crippen molar-refractivity contribution in [2.45, 2.75) is 45.1 Å². The molecule has 1 saturated heterocycles. The number of aromatic nitrogens is 2. The largest absolute Gasteiger partial charge is 0.363 e. The van der Waals surface area contributed by atoms with E-state index in [4.69, 9.17) is 0 Å². The summed E-state index contributed by atoms with van der Waals surface area (Å²) in [4.78, 5) is 23.2. The highest BCUT2D eigenvalue weighted by atomic mass is 32.1. The van der Waals surface area contributed by atoms with Gasteiger partial charge in [-0.15, -0.1) is 11.3 Å². The number of carbonyl (C=O) groups excluding carboxylic acids is 1. The van der Waals surface area contributed by atoms with Crippen molar-refractivity contribution in [1.29, 1.82) is 0 Å². The molecule has 0 aromatic carbocycles. The molecular weight excluding hydrogens is 282 g/mol. The van der Waals surface area contributed by atoms with Crippen LogP contribution in [0.1, 0.15) is 60.0 Å². The first-order valence-electron chi connectivity index (χ1n) is 7.37. The van der Waals surface area contributed by atoms with Gasteiger partial charge >= 0.3 is 0 Å². The number of hydrogen-bond donors (Lipinski definition) is 1. The van der Waals surface area contributed by atoms with E-state index in [0.29, 0.717) is 0 Å². The van der Waals surface area contributed by atoms with Crippen LogP contribution in [0.2, 0.25) is 0 Å². The van der Waals surface area contributed by atoms with Crippen molar-refractivity contribution in [2.24, 2.45) is 0 Å². The second kappa shape index (κ2) is 5.30. The lowest BCUT2D eigenvalue weighted by molar-refractivity contribution is 0.0738. The van der Waals surface area contributed by atoms with Gasteiger partial charge in [-0.25, -0.2) is 4.98 Å². The summed E-state index contributed by atoms with van der Waals surface area (Å²) in [5.74, 6) is 0.111. The predicted octanol–water partition coefficient (Wildman–Crippen LogP) is 3.75. The van der Waals surface area contributed by atoms with Gasteiger partial charge in [0.25, 0.3) is 5.91 Å². The molecule has 1 unspecified atom stereocenters. The Hall–Kier alpha value is -1.62. The molecule has 0 aliphatic carbocycles. The van der Waals surface area contributed by atoms with E-state index in [9.17, 15) is 4.79 Å². The standard InChI is InChI=1S/C16H21N3OS/c1-16(2,3)15-18-10-13(21-15)14(20)19-9-5-7-12(19)11-6-4-8-17-11/h4,6,8,10,12,17H,5,7,9H2,1-3H3. The zero-order valence-corrected chi connectivity index (χ0v) is 13.5. The first-order chi connectivity index (χ1) is 9.97. The highest BCUT2D eigenvalue weighted by Gasteiger charge is 2.32. The summed E-state index contributed by atoms with van der Waals surface area (Å²) in [6.45, 7) is 7.19. The lowest BCUT2D eigenvalue weighted by atomic mass is 9.98. The van der Waals surface area contributed by atoms with Crippen LogP contribution in [-0.2, 0) is 5.41 Å².